The van der Waals surface area contributed by atoms with Crippen molar-refractivity contribution in [2.24, 2.45) is 0 Å². The van der Waals surface area contributed by atoms with Crippen LogP contribution in [0.4, 0.5) is 0 Å². The molecule has 6 nitrogen and oxygen atoms in total. The number of carbonyl (C=O) groups excluding carboxylic acids is 2. The first-order chi connectivity index (χ1) is 10.4. The fraction of sp³-hybridized carbons (Fsp3) is 0.625. The highest BCUT2D eigenvalue weighted by atomic mass is 16.5. The Morgan fingerprint density at radius 1 is 1.41 bits per heavy atom. The van der Waals surface area contributed by atoms with Crippen LogP contribution in [-0.2, 0) is 15.9 Å². The minimum atomic E-state index is -0.409. The molecule has 22 heavy (non-hydrogen) atoms. The summed E-state index contributed by atoms with van der Waals surface area (Å²) >= 11 is 0. The molecule has 6 heteroatoms. The zero-order valence-electron chi connectivity index (χ0n) is 13.9. The van der Waals surface area contributed by atoms with E-state index in [1.165, 1.54) is 7.11 Å². The van der Waals surface area contributed by atoms with E-state index in [1.807, 2.05) is 20.8 Å². The van der Waals surface area contributed by atoms with E-state index in [2.05, 4.69) is 4.98 Å². The fourth-order valence-corrected chi connectivity index (χ4v) is 2.85. The number of aromatic amines is 1. The van der Waals surface area contributed by atoms with Gasteiger partial charge in [-0.3, -0.25) is 4.79 Å². The smallest absolute Gasteiger partial charge is 0.339 e. The van der Waals surface area contributed by atoms with Gasteiger partial charge in [-0.2, -0.15) is 0 Å². The van der Waals surface area contributed by atoms with Crippen LogP contribution in [0, 0.1) is 6.92 Å². The van der Waals surface area contributed by atoms with E-state index in [4.69, 9.17) is 9.47 Å². The molecule has 1 amide bonds. The molecule has 0 aliphatic carbocycles. The second-order valence-corrected chi connectivity index (χ2v) is 5.77. The van der Waals surface area contributed by atoms with Gasteiger partial charge in [0, 0.05) is 12.2 Å². The molecule has 1 N–H and O–H groups in total. The molecule has 1 aliphatic rings. The zero-order chi connectivity index (χ0) is 16.4. The van der Waals surface area contributed by atoms with Crippen LogP contribution in [0.2, 0.25) is 0 Å². The lowest BCUT2D eigenvalue weighted by Gasteiger charge is -2.36. The van der Waals surface area contributed by atoms with E-state index in [-0.39, 0.29) is 18.1 Å². The largest absolute Gasteiger partial charge is 0.465 e. The first-order valence-electron chi connectivity index (χ1n) is 7.62. The summed E-state index contributed by atoms with van der Waals surface area (Å²) in [6.45, 7) is 8.70. The van der Waals surface area contributed by atoms with Gasteiger partial charge in [0.15, 0.2) is 0 Å². The monoisotopic (exact) mass is 308 g/mol. The van der Waals surface area contributed by atoms with Crippen molar-refractivity contribution in [2.75, 3.05) is 20.3 Å². The molecule has 1 aliphatic heterocycles. The number of nitrogens with one attached hydrogen (secondary N) is 1. The van der Waals surface area contributed by atoms with Crippen LogP contribution in [0.1, 0.15) is 52.9 Å². The van der Waals surface area contributed by atoms with E-state index in [9.17, 15) is 9.59 Å². The van der Waals surface area contributed by atoms with E-state index in [0.717, 1.165) is 5.69 Å². The molecule has 2 unspecified atom stereocenters. The quantitative estimate of drug-likeness (QED) is 0.866. The number of methoxy groups -OCH3 is 1. The number of hydrogen-bond acceptors (Lipinski definition) is 4. The van der Waals surface area contributed by atoms with Gasteiger partial charge in [0.25, 0.3) is 5.91 Å². The van der Waals surface area contributed by atoms with E-state index in [0.29, 0.717) is 36.4 Å². The highest BCUT2D eigenvalue weighted by Gasteiger charge is 2.32. The maximum Gasteiger partial charge on any atom is 0.339 e. The highest BCUT2D eigenvalue weighted by molar-refractivity contribution is 6.00. The van der Waals surface area contributed by atoms with Crippen LogP contribution in [0.25, 0.3) is 0 Å². The SMILES string of the molecule is CCc1[nH]c(C(=O)N2CC(C)OCC2C)c(C)c1C(=O)OC. The van der Waals surface area contributed by atoms with E-state index >= 15 is 0 Å². The van der Waals surface area contributed by atoms with Crippen molar-refractivity contribution in [3.63, 3.8) is 0 Å². The van der Waals surface area contributed by atoms with Crippen LogP contribution in [-0.4, -0.2) is 54.2 Å². The molecule has 1 aromatic heterocycles. The lowest BCUT2D eigenvalue weighted by atomic mass is 10.1. The summed E-state index contributed by atoms with van der Waals surface area (Å²) in [6, 6.07) is 0.0121. The maximum absolute atomic E-state index is 12.9. The molecule has 1 fully saturated rings. The second kappa shape index (κ2) is 6.52. The normalized spacial score (nSPS) is 21.8. The van der Waals surface area contributed by atoms with Gasteiger partial charge in [0.1, 0.15) is 5.69 Å². The lowest BCUT2D eigenvalue weighted by Crippen LogP contribution is -2.50. The number of ether oxygens (including phenoxy) is 2. The molecule has 2 heterocycles. The molecule has 0 saturated carbocycles. The summed E-state index contributed by atoms with van der Waals surface area (Å²) in [5.74, 6) is -0.502. The predicted octanol–water partition coefficient (Wildman–Crippen LogP) is 1.92. The molecule has 2 rings (SSSR count). The van der Waals surface area contributed by atoms with Gasteiger partial charge in [0.2, 0.25) is 0 Å². The van der Waals surface area contributed by atoms with Gasteiger partial charge in [-0.15, -0.1) is 0 Å². The van der Waals surface area contributed by atoms with Gasteiger partial charge in [-0.05, 0) is 32.8 Å². The molecular formula is C16H24N2O4. The van der Waals surface area contributed by atoms with Gasteiger partial charge in [-0.1, -0.05) is 6.92 Å². The number of amides is 1. The van der Waals surface area contributed by atoms with Crippen molar-refractivity contribution >= 4 is 11.9 Å². The number of aromatic nitrogens is 1. The minimum Gasteiger partial charge on any atom is -0.465 e. The Bertz CT molecular complexity index is 579. The van der Waals surface area contributed by atoms with E-state index < -0.39 is 5.97 Å². The third kappa shape index (κ3) is 2.88. The maximum atomic E-state index is 12.9. The molecule has 0 aromatic carbocycles. The van der Waals surface area contributed by atoms with Crippen LogP contribution in [0.15, 0.2) is 0 Å². The Morgan fingerprint density at radius 2 is 2.09 bits per heavy atom. The van der Waals surface area contributed by atoms with Crippen molar-refractivity contribution < 1.29 is 19.1 Å². The number of aryl methyl sites for hydroxylation is 1. The van der Waals surface area contributed by atoms with E-state index in [1.54, 1.807) is 11.8 Å². The molecule has 0 spiro atoms. The Hall–Kier alpha value is -1.82. The number of rotatable bonds is 3. The Kier molecular flexibility index (Phi) is 4.90. The first-order valence-corrected chi connectivity index (χ1v) is 7.62. The van der Waals surface area contributed by atoms with Crippen LogP contribution in [0.5, 0.6) is 0 Å². The Labute approximate surface area is 130 Å². The Balaban J connectivity index is 2.38. The third-order valence-electron chi connectivity index (χ3n) is 4.15. The summed E-state index contributed by atoms with van der Waals surface area (Å²) in [5, 5.41) is 0. The molecule has 2 atom stereocenters. The number of nitrogens with zero attached hydrogens (tertiary/aromatic N) is 1. The van der Waals surface area contributed by atoms with Gasteiger partial charge in [-0.25, -0.2) is 4.79 Å². The number of carbonyl (C=O) groups is 2. The van der Waals surface area contributed by atoms with Crippen molar-refractivity contribution in [3.8, 4) is 0 Å². The molecule has 122 valence electrons. The average Bonchev–Trinajstić information content (AvgIpc) is 2.85. The molecule has 1 aromatic rings. The number of esters is 1. The van der Waals surface area contributed by atoms with Crippen molar-refractivity contribution in [2.45, 2.75) is 46.3 Å². The molecular weight excluding hydrogens is 284 g/mol. The number of hydrogen-bond donors (Lipinski definition) is 1. The molecule has 0 bridgehead atoms. The summed E-state index contributed by atoms with van der Waals surface area (Å²) in [7, 11) is 1.35. The topological polar surface area (TPSA) is 71.6 Å². The van der Waals surface area contributed by atoms with Crippen LogP contribution in [0.3, 0.4) is 0 Å². The van der Waals surface area contributed by atoms with Crippen molar-refractivity contribution in [1.29, 1.82) is 0 Å². The van der Waals surface area contributed by atoms with Crippen LogP contribution >= 0.6 is 0 Å². The number of morpholine rings is 1. The van der Waals surface area contributed by atoms with Crippen molar-refractivity contribution in [3.05, 3.63) is 22.5 Å². The second-order valence-electron chi connectivity index (χ2n) is 5.77. The lowest BCUT2D eigenvalue weighted by molar-refractivity contribution is -0.0389. The highest BCUT2D eigenvalue weighted by Crippen LogP contribution is 2.23. The van der Waals surface area contributed by atoms with Gasteiger partial charge in [0.05, 0.1) is 31.4 Å². The first kappa shape index (κ1) is 16.5. The summed E-state index contributed by atoms with van der Waals surface area (Å²) in [5.41, 5.74) is 2.34. The fourth-order valence-electron chi connectivity index (χ4n) is 2.85. The Morgan fingerprint density at radius 3 is 2.68 bits per heavy atom. The summed E-state index contributed by atoms with van der Waals surface area (Å²) < 4.78 is 10.4. The third-order valence-corrected chi connectivity index (χ3v) is 4.15. The van der Waals surface area contributed by atoms with Crippen LogP contribution < -0.4 is 0 Å². The average molecular weight is 308 g/mol. The zero-order valence-corrected chi connectivity index (χ0v) is 13.9. The predicted molar refractivity (Wildman–Crippen MR) is 82.2 cm³/mol. The molecule has 1 saturated heterocycles. The number of H-pyrrole nitrogens is 1. The summed E-state index contributed by atoms with van der Waals surface area (Å²) in [4.78, 5) is 29.7. The molecule has 0 radical (unpaired) electrons. The standard InChI is InChI=1S/C16H24N2O4/c1-6-12-13(16(20)21-5)11(4)14(17-12)15(19)18-7-10(3)22-8-9(18)2/h9-10,17H,6-8H2,1-5H3. The van der Waals surface area contributed by atoms with Gasteiger partial charge >= 0.3 is 5.97 Å². The minimum absolute atomic E-state index is 0.0121. The summed E-state index contributed by atoms with van der Waals surface area (Å²) in [6.07, 6.45) is 0.648. The van der Waals surface area contributed by atoms with Crippen molar-refractivity contribution in [1.82, 2.24) is 9.88 Å². The van der Waals surface area contributed by atoms with Gasteiger partial charge < -0.3 is 19.4 Å².